The Morgan fingerprint density at radius 2 is 2.40 bits per heavy atom. The van der Waals surface area contributed by atoms with E-state index in [1.165, 1.54) is 0 Å². The molecule has 0 aliphatic heterocycles. The second kappa shape index (κ2) is 5.66. The first kappa shape index (κ1) is 11.9. The van der Waals surface area contributed by atoms with Crippen LogP contribution in [0.3, 0.4) is 0 Å². The molecule has 0 aliphatic rings. The van der Waals surface area contributed by atoms with E-state index in [4.69, 9.17) is 5.73 Å². The van der Waals surface area contributed by atoms with E-state index in [0.29, 0.717) is 18.8 Å². The van der Waals surface area contributed by atoms with Crippen molar-refractivity contribution in [3.8, 4) is 0 Å². The molecule has 0 saturated heterocycles. The monoisotopic (exact) mass is 209 g/mol. The summed E-state index contributed by atoms with van der Waals surface area (Å²) in [5.74, 6) is 0.198. The van der Waals surface area contributed by atoms with Crippen LogP contribution < -0.4 is 5.73 Å². The molecule has 15 heavy (non-hydrogen) atoms. The summed E-state index contributed by atoms with van der Waals surface area (Å²) in [6.07, 6.45) is 5.39. The van der Waals surface area contributed by atoms with Crippen molar-refractivity contribution >= 4 is 5.78 Å². The van der Waals surface area contributed by atoms with Crippen LogP contribution in [0.2, 0.25) is 0 Å². The summed E-state index contributed by atoms with van der Waals surface area (Å²) in [7, 11) is 0. The number of rotatable bonds is 6. The first-order chi connectivity index (χ1) is 7.19. The average Bonchev–Trinajstić information content (AvgIpc) is 2.66. The van der Waals surface area contributed by atoms with Crippen LogP contribution in [-0.2, 0) is 6.54 Å². The van der Waals surface area contributed by atoms with Gasteiger partial charge in [0, 0.05) is 25.2 Å². The van der Waals surface area contributed by atoms with Gasteiger partial charge in [0.25, 0.3) is 0 Å². The molecule has 1 aromatic rings. The quantitative estimate of drug-likeness (QED) is 0.721. The number of carbonyl (C=O) groups excluding carboxylic acids is 1. The van der Waals surface area contributed by atoms with E-state index in [1.54, 1.807) is 12.5 Å². The summed E-state index contributed by atoms with van der Waals surface area (Å²) in [6, 6.07) is 0. The molecule has 1 heterocycles. The number of hydrogen-bond donors (Lipinski definition) is 1. The van der Waals surface area contributed by atoms with Gasteiger partial charge in [0.2, 0.25) is 0 Å². The molecular formula is C11H19N3O. The van der Waals surface area contributed by atoms with Gasteiger partial charge in [-0.3, -0.25) is 4.79 Å². The van der Waals surface area contributed by atoms with E-state index in [0.717, 1.165) is 12.8 Å². The Labute approximate surface area is 90.5 Å². The van der Waals surface area contributed by atoms with E-state index in [9.17, 15) is 4.79 Å². The van der Waals surface area contributed by atoms with Crippen LogP contribution in [-0.4, -0.2) is 21.9 Å². The minimum atomic E-state index is 0.0660. The fourth-order valence-electron chi connectivity index (χ4n) is 1.58. The number of Topliss-reactive ketones (excluding diaryl/α,β-unsaturated/α-hetero) is 1. The van der Waals surface area contributed by atoms with Crippen LogP contribution >= 0.6 is 0 Å². The third-order valence-electron chi connectivity index (χ3n) is 2.44. The summed E-state index contributed by atoms with van der Waals surface area (Å²) in [4.78, 5) is 15.9. The number of nitrogens with zero attached hydrogens (tertiary/aromatic N) is 2. The second-order valence-corrected chi connectivity index (χ2v) is 3.84. The predicted octanol–water partition coefficient (Wildman–Crippen LogP) is 1.46. The molecule has 84 valence electrons. The van der Waals surface area contributed by atoms with Crippen LogP contribution in [0, 0.1) is 5.92 Å². The van der Waals surface area contributed by atoms with Crippen molar-refractivity contribution in [3.63, 3.8) is 0 Å². The highest BCUT2D eigenvalue weighted by molar-refractivity contribution is 5.95. The minimum Gasteiger partial charge on any atom is -0.335 e. The van der Waals surface area contributed by atoms with Gasteiger partial charge < -0.3 is 10.3 Å². The first-order valence-corrected chi connectivity index (χ1v) is 5.45. The lowest BCUT2D eigenvalue weighted by molar-refractivity contribution is 0.0919. The zero-order valence-corrected chi connectivity index (χ0v) is 9.44. The third kappa shape index (κ3) is 3.16. The average molecular weight is 209 g/mol. The fourth-order valence-corrected chi connectivity index (χ4v) is 1.58. The molecule has 0 aliphatic carbocycles. The molecule has 0 fully saturated rings. The van der Waals surface area contributed by atoms with E-state index in [2.05, 4.69) is 11.9 Å². The van der Waals surface area contributed by atoms with Crippen molar-refractivity contribution in [3.05, 3.63) is 18.2 Å². The van der Waals surface area contributed by atoms with Crippen molar-refractivity contribution in [1.29, 1.82) is 0 Å². The summed E-state index contributed by atoms with van der Waals surface area (Å²) < 4.78 is 1.85. The smallest absolute Gasteiger partial charge is 0.185 e. The highest BCUT2D eigenvalue weighted by Crippen LogP contribution is 2.12. The van der Waals surface area contributed by atoms with Gasteiger partial charge in [-0.15, -0.1) is 0 Å². The highest BCUT2D eigenvalue weighted by Gasteiger charge is 2.16. The Hall–Kier alpha value is -1.16. The predicted molar refractivity (Wildman–Crippen MR) is 59.7 cm³/mol. The van der Waals surface area contributed by atoms with Gasteiger partial charge in [0.1, 0.15) is 5.69 Å². The summed E-state index contributed by atoms with van der Waals surface area (Å²) in [5.41, 5.74) is 5.98. The van der Waals surface area contributed by atoms with Crippen molar-refractivity contribution in [2.75, 3.05) is 6.54 Å². The maximum atomic E-state index is 11.8. The molecule has 4 heteroatoms. The molecule has 1 rings (SSSR count). The topological polar surface area (TPSA) is 60.9 Å². The van der Waals surface area contributed by atoms with Gasteiger partial charge in [0.05, 0.1) is 6.33 Å². The number of carbonyl (C=O) groups is 1. The van der Waals surface area contributed by atoms with E-state index >= 15 is 0 Å². The lowest BCUT2D eigenvalue weighted by atomic mass is 9.99. The lowest BCUT2D eigenvalue weighted by Crippen LogP contribution is -2.12. The van der Waals surface area contributed by atoms with Crippen molar-refractivity contribution in [2.24, 2.45) is 11.7 Å². The molecule has 2 N–H and O–H groups in total. The molecule has 1 aromatic heterocycles. The van der Waals surface area contributed by atoms with Crippen LogP contribution in [0.25, 0.3) is 0 Å². The van der Waals surface area contributed by atoms with Gasteiger partial charge >= 0.3 is 0 Å². The van der Waals surface area contributed by atoms with Gasteiger partial charge in [-0.05, 0) is 6.42 Å². The first-order valence-electron chi connectivity index (χ1n) is 5.45. The number of nitrogens with two attached hydrogens (primary N) is 1. The Morgan fingerprint density at radius 3 is 3.00 bits per heavy atom. The second-order valence-electron chi connectivity index (χ2n) is 3.84. The van der Waals surface area contributed by atoms with Crippen molar-refractivity contribution < 1.29 is 4.79 Å². The van der Waals surface area contributed by atoms with Crippen LogP contribution in [0.5, 0.6) is 0 Å². The number of aromatic nitrogens is 2. The summed E-state index contributed by atoms with van der Waals surface area (Å²) in [5, 5.41) is 0. The lowest BCUT2D eigenvalue weighted by Gasteiger charge is -2.05. The SMILES string of the molecule is CCCC(C)C(=O)c1cn(CCN)cn1. The number of hydrogen-bond acceptors (Lipinski definition) is 3. The number of ketones is 1. The molecule has 0 amide bonds. The van der Waals surface area contributed by atoms with E-state index in [1.807, 2.05) is 11.5 Å². The summed E-state index contributed by atoms with van der Waals surface area (Å²) in [6.45, 7) is 5.31. The van der Waals surface area contributed by atoms with Gasteiger partial charge in [0.15, 0.2) is 5.78 Å². The van der Waals surface area contributed by atoms with Crippen LogP contribution in [0.4, 0.5) is 0 Å². The zero-order chi connectivity index (χ0) is 11.3. The molecule has 0 aromatic carbocycles. The van der Waals surface area contributed by atoms with Gasteiger partial charge in [-0.25, -0.2) is 4.98 Å². The maximum Gasteiger partial charge on any atom is 0.185 e. The molecule has 1 atom stereocenters. The Kier molecular flexibility index (Phi) is 4.49. The zero-order valence-electron chi connectivity index (χ0n) is 9.44. The molecule has 1 unspecified atom stereocenters. The van der Waals surface area contributed by atoms with Crippen molar-refractivity contribution in [2.45, 2.75) is 33.2 Å². The fraction of sp³-hybridized carbons (Fsp3) is 0.636. The molecule has 4 nitrogen and oxygen atoms in total. The molecular weight excluding hydrogens is 190 g/mol. The molecule has 0 spiro atoms. The Bertz CT molecular complexity index is 319. The largest absolute Gasteiger partial charge is 0.335 e. The third-order valence-corrected chi connectivity index (χ3v) is 2.44. The highest BCUT2D eigenvalue weighted by atomic mass is 16.1. The number of imidazole rings is 1. The Balaban J connectivity index is 2.65. The van der Waals surface area contributed by atoms with Gasteiger partial charge in [-0.2, -0.15) is 0 Å². The molecule has 0 saturated carbocycles. The normalized spacial score (nSPS) is 12.7. The Morgan fingerprint density at radius 1 is 1.67 bits per heavy atom. The van der Waals surface area contributed by atoms with E-state index in [-0.39, 0.29) is 11.7 Å². The standard InChI is InChI=1S/C11H19N3O/c1-3-4-9(2)11(15)10-7-14(6-5-12)8-13-10/h7-9H,3-6,12H2,1-2H3. The molecule has 0 bridgehead atoms. The van der Waals surface area contributed by atoms with Gasteiger partial charge in [-0.1, -0.05) is 20.3 Å². The molecule has 0 radical (unpaired) electrons. The summed E-state index contributed by atoms with van der Waals surface area (Å²) >= 11 is 0. The minimum absolute atomic E-state index is 0.0660. The van der Waals surface area contributed by atoms with Crippen LogP contribution in [0.1, 0.15) is 37.2 Å². The van der Waals surface area contributed by atoms with E-state index < -0.39 is 0 Å². The van der Waals surface area contributed by atoms with Crippen LogP contribution in [0.15, 0.2) is 12.5 Å². The maximum absolute atomic E-state index is 11.8. The van der Waals surface area contributed by atoms with Crippen molar-refractivity contribution in [1.82, 2.24) is 9.55 Å².